The van der Waals surface area contributed by atoms with Gasteiger partial charge in [-0.05, 0) is 50.2 Å². The zero-order valence-electron chi connectivity index (χ0n) is 13.8. The fourth-order valence-electron chi connectivity index (χ4n) is 2.21. The number of rotatable bonds is 5. The van der Waals surface area contributed by atoms with Crippen LogP contribution >= 0.6 is 22.9 Å². The summed E-state index contributed by atoms with van der Waals surface area (Å²) in [4.78, 5) is 16.8. The molecule has 128 valence electrons. The number of hydrogen-bond donors (Lipinski definition) is 1. The predicted octanol–water partition coefficient (Wildman–Crippen LogP) is 5.50. The van der Waals surface area contributed by atoms with E-state index in [1.54, 1.807) is 24.3 Å². The Bertz CT molecular complexity index is 858. The molecule has 0 fully saturated rings. The topological polar surface area (TPSA) is 51.2 Å². The first-order valence-electron chi connectivity index (χ1n) is 7.81. The molecule has 0 radical (unpaired) electrons. The number of carbonyl (C=O) groups is 1. The van der Waals surface area contributed by atoms with Gasteiger partial charge in [0.1, 0.15) is 5.75 Å². The molecule has 3 aromatic rings. The summed E-state index contributed by atoms with van der Waals surface area (Å²) >= 11 is 7.28. The van der Waals surface area contributed by atoms with E-state index in [0.29, 0.717) is 15.7 Å². The van der Waals surface area contributed by atoms with Crippen molar-refractivity contribution >= 4 is 34.0 Å². The van der Waals surface area contributed by atoms with E-state index in [1.165, 1.54) is 11.3 Å². The van der Waals surface area contributed by atoms with E-state index in [2.05, 4.69) is 10.3 Å². The van der Waals surface area contributed by atoms with E-state index in [-0.39, 0.29) is 12.0 Å². The average Bonchev–Trinajstić information content (AvgIpc) is 3.04. The molecule has 0 unspecified atom stereocenters. The third-order valence-electron chi connectivity index (χ3n) is 3.35. The van der Waals surface area contributed by atoms with Gasteiger partial charge in [-0.2, -0.15) is 0 Å². The fraction of sp³-hybridized carbons (Fsp3) is 0.158. The Hall–Kier alpha value is -2.37. The second-order valence-corrected chi connectivity index (χ2v) is 6.98. The van der Waals surface area contributed by atoms with Crippen molar-refractivity contribution in [2.45, 2.75) is 20.0 Å². The Morgan fingerprint density at radius 2 is 1.80 bits per heavy atom. The van der Waals surface area contributed by atoms with Gasteiger partial charge in [-0.3, -0.25) is 10.1 Å². The van der Waals surface area contributed by atoms with Crippen LogP contribution in [-0.4, -0.2) is 17.0 Å². The highest BCUT2D eigenvalue weighted by atomic mass is 35.5. The lowest BCUT2D eigenvalue weighted by Crippen LogP contribution is -2.12. The fourth-order valence-corrected chi connectivity index (χ4v) is 3.05. The zero-order valence-corrected chi connectivity index (χ0v) is 15.4. The molecular weight excluding hydrogens is 356 g/mol. The molecule has 0 aliphatic heterocycles. The average molecular weight is 373 g/mol. The zero-order chi connectivity index (χ0) is 17.8. The summed E-state index contributed by atoms with van der Waals surface area (Å²) in [6, 6.07) is 14.5. The van der Waals surface area contributed by atoms with E-state index in [1.807, 2.05) is 43.5 Å². The van der Waals surface area contributed by atoms with E-state index in [0.717, 1.165) is 17.0 Å². The van der Waals surface area contributed by atoms with Crippen LogP contribution < -0.4 is 10.1 Å². The minimum Gasteiger partial charge on any atom is -0.491 e. The van der Waals surface area contributed by atoms with E-state index < -0.39 is 0 Å². The SMILES string of the molecule is CC(C)Oc1ccc(C(=O)Nc2nc(-c3ccc(Cl)cc3)cs2)cc1. The molecule has 1 heterocycles. The van der Waals surface area contributed by atoms with Gasteiger partial charge in [0.25, 0.3) is 5.91 Å². The molecule has 0 aliphatic rings. The molecule has 2 aromatic carbocycles. The number of amides is 1. The van der Waals surface area contributed by atoms with E-state index in [4.69, 9.17) is 16.3 Å². The van der Waals surface area contributed by atoms with Crippen molar-refractivity contribution in [3.05, 3.63) is 64.5 Å². The van der Waals surface area contributed by atoms with Crippen molar-refractivity contribution in [2.24, 2.45) is 0 Å². The van der Waals surface area contributed by atoms with Crippen LogP contribution in [0.3, 0.4) is 0 Å². The van der Waals surface area contributed by atoms with Crippen molar-refractivity contribution in [2.75, 3.05) is 5.32 Å². The molecule has 1 N–H and O–H groups in total. The number of halogens is 1. The summed E-state index contributed by atoms with van der Waals surface area (Å²) in [6.45, 7) is 3.92. The number of hydrogen-bond acceptors (Lipinski definition) is 4. The summed E-state index contributed by atoms with van der Waals surface area (Å²) in [5.41, 5.74) is 2.31. The number of benzene rings is 2. The highest BCUT2D eigenvalue weighted by Gasteiger charge is 2.10. The standard InChI is InChI=1S/C19H17ClN2O2S/c1-12(2)24-16-9-5-14(6-10-16)18(23)22-19-21-17(11-25-19)13-3-7-15(20)8-4-13/h3-12H,1-2H3,(H,21,22,23). The lowest BCUT2D eigenvalue weighted by Gasteiger charge is -2.09. The molecule has 0 aliphatic carbocycles. The molecule has 4 nitrogen and oxygen atoms in total. The molecule has 3 rings (SSSR count). The Balaban J connectivity index is 1.68. The van der Waals surface area contributed by atoms with Gasteiger partial charge in [-0.1, -0.05) is 23.7 Å². The molecule has 0 spiro atoms. The van der Waals surface area contributed by atoms with Crippen LogP contribution in [0.4, 0.5) is 5.13 Å². The van der Waals surface area contributed by atoms with Crippen LogP contribution in [0.15, 0.2) is 53.9 Å². The van der Waals surface area contributed by atoms with Crippen LogP contribution in [0.1, 0.15) is 24.2 Å². The normalized spacial score (nSPS) is 10.7. The molecule has 0 saturated heterocycles. The Morgan fingerprint density at radius 3 is 2.44 bits per heavy atom. The number of ether oxygens (including phenoxy) is 1. The van der Waals surface area contributed by atoms with Crippen molar-refractivity contribution in [3.63, 3.8) is 0 Å². The van der Waals surface area contributed by atoms with Gasteiger partial charge in [0.2, 0.25) is 0 Å². The second-order valence-electron chi connectivity index (χ2n) is 5.69. The molecule has 0 atom stereocenters. The monoisotopic (exact) mass is 372 g/mol. The molecular formula is C19H17ClN2O2S. The quantitative estimate of drug-likeness (QED) is 0.643. The maximum absolute atomic E-state index is 12.3. The second kappa shape index (κ2) is 7.68. The van der Waals surface area contributed by atoms with Gasteiger partial charge in [0.15, 0.2) is 5.13 Å². The van der Waals surface area contributed by atoms with Crippen LogP contribution in [0.25, 0.3) is 11.3 Å². The smallest absolute Gasteiger partial charge is 0.257 e. The lowest BCUT2D eigenvalue weighted by molar-refractivity contribution is 0.102. The third-order valence-corrected chi connectivity index (χ3v) is 4.36. The van der Waals surface area contributed by atoms with Crippen molar-refractivity contribution in [1.82, 2.24) is 4.98 Å². The first kappa shape index (κ1) is 17.5. The van der Waals surface area contributed by atoms with Gasteiger partial charge in [-0.25, -0.2) is 4.98 Å². The summed E-state index contributed by atoms with van der Waals surface area (Å²) < 4.78 is 5.58. The number of aromatic nitrogens is 1. The largest absolute Gasteiger partial charge is 0.491 e. The molecule has 6 heteroatoms. The van der Waals surface area contributed by atoms with Crippen LogP contribution in [-0.2, 0) is 0 Å². The molecule has 1 aromatic heterocycles. The number of nitrogens with zero attached hydrogens (tertiary/aromatic N) is 1. The lowest BCUT2D eigenvalue weighted by atomic mass is 10.2. The minimum absolute atomic E-state index is 0.0984. The van der Waals surface area contributed by atoms with Gasteiger partial charge in [0, 0.05) is 21.5 Å². The van der Waals surface area contributed by atoms with Crippen molar-refractivity contribution in [1.29, 1.82) is 0 Å². The van der Waals surface area contributed by atoms with Gasteiger partial charge >= 0.3 is 0 Å². The third kappa shape index (κ3) is 4.59. The molecule has 25 heavy (non-hydrogen) atoms. The van der Waals surface area contributed by atoms with Gasteiger partial charge in [-0.15, -0.1) is 11.3 Å². The summed E-state index contributed by atoms with van der Waals surface area (Å²) in [5.74, 6) is 0.541. The first-order chi connectivity index (χ1) is 12.0. The van der Waals surface area contributed by atoms with Crippen molar-refractivity contribution < 1.29 is 9.53 Å². The summed E-state index contributed by atoms with van der Waals surface area (Å²) in [6.07, 6.45) is 0.0984. The summed E-state index contributed by atoms with van der Waals surface area (Å²) in [5, 5.41) is 5.95. The number of carbonyl (C=O) groups excluding carboxylic acids is 1. The number of thiazole rings is 1. The van der Waals surface area contributed by atoms with Gasteiger partial charge in [0.05, 0.1) is 11.8 Å². The highest BCUT2D eigenvalue weighted by molar-refractivity contribution is 7.14. The number of nitrogens with one attached hydrogen (secondary N) is 1. The maximum atomic E-state index is 12.3. The number of anilines is 1. The predicted molar refractivity (Wildman–Crippen MR) is 103 cm³/mol. The maximum Gasteiger partial charge on any atom is 0.257 e. The van der Waals surface area contributed by atoms with E-state index >= 15 is 0 Å². The van der Waals surface area contributed by atoms with Crippen LogP contribution in [0.5, 0.6) is 5.75 Å². The Labute approximate surface area is 155 Å². The van der Waals surface area contributed by atoms with Crippen LogP contribution in [0.2, 0.25) is 5.02 Å². The molecule has 0 saturated carbocycles. The summed E-state index contributed by atoms with van der Waals surface area (Å²) in [7, 11) is 0. The highest BCUT2D eigenvalue weighted by Crippen LogP contribution is 2.26. The molecule has 1 amide bonds. The Morgan fingerprint density at radius 1 is 1.12 bits per heavy atom. The van der Waals surface area contributed by atoms with Gasteiger partial charge < -0.3 is 4.74 Å². The Kier molecular flexibility index (Phi) is 5.36. The first-order valence-corrected chi connectivity index (χ1v) is 9.06. The van der Waals surface area contributed by atoms with E-state index in [9.17, 15) is 4.79 Å². The van der Waals surface area contributed by atoms with Crippen molar-refractivity contribution in [3.8, 4) is 17.0 Å². The minimum atomic E-state index is -0.201. The van der Waals surface area contributed by atoms with Crippen LogP contribution in [0, 0.1) is 0 Å². The molecule has 0 bridgehead atoms.